The van der Waals surface area contributed by atoms with Crippen LogP contribution in [0.1, 0.15) is 36.0 Å². The van der Waals surface area contributed by atoms with Crippen LogP contribution < -0.4 is 0 Å². The Balaban J connectivity index is 2.17. The molecule has 0 aliphatic carbocycles. The fourth-order valence-corrected chi connectivity index (χ4v) is 2.45. The number of carbonyl (C=O) groups is 1. The van der Waals surface area contributed by atoms with Crippen molar-refractivity contribution >= 4 is 5.78 Å². The molecule has 1 atom stereocenters. The van der Waals surface area contributed by atoms with Gasteiger partial charge in [0.2, 0.25) is 0 Å². The first kappa shape index (κ1) is 13.5. The second kappa shape index (κ2) is 6.33. The van der Waals surface area contributed by atoms with E-state index >= 15 is 0 Å². The highest BCUT2D eigenvalue weighted by Gasteiger charge is 2.18. The van der Waals surface area contributed by atoms with Crippen LogP contribution in [0.3, 0.4) is 0 Å². The fourth-order valence-electron chi connectivity index (χ4n) is 2.45. The minimum atomic E-state index is 0.0146. The average molecular weight is 252 g/mol. The van der Waals surface area contributed by atoms with Crippen molar-refractivity contribution in [3.63, 3.8) is 0 Å². The molecule has 0 aliphatic rings. The molecule has 0 saturated carbocycles. The maximum absolute atomic E-state index is 12.5. The Morgan fingerprint density at radius 1 is 1.00 bits per heavy atom. The largest absolute Gasteiger partial charge is 0.299 e. The van der Waals surface area contributed by atoms with Gasteiger partial charge in [-0.05, 0) is 30.0 Å². The molecule has 2 aromatic rings. The van der Waals surface area contributed by atoms with E-state index in [2.05, 4.69) is 19.9 Å². The molecule has 0 heterocycles. The third-order valence-corrected chi connectivity index (χ3v) is 3.62. The van der Waals surface area contributed by atoms with Gasteiger partial charge in [0.05, 0.1) is 0 Å². The minimum absolute atomic E-state index is 0.0146. The van der Waals surface area contributed by atoms with Crippen LogP contribution in [0.15, 0.2) is 54.6 Å². The molecule has 19 heavy (non-hydrogen) atoms. The molecule has 1 heteroatoms. The van der Waals surface area contributed by atoms with Crippen LogP contribution in [0.4, 0.5) is 0 Å². The van der Waals surface area contributed by atoms with Gasteiger partial charge in [0.25, 0.3) is 0 Å². The molecule has 0 N–H and O–H groups in total. The lowest BCUT2D eigenvalue weighted by Gasteiger charge is -2.15. The van der Waals surface area contributed by atoms with Gasteiger partial charge in [-0.15, -0.1) is 0 Å². The fraction of sp³-hybridized carbons (Fsp3) is 0.278. The Morgan fingerprint density at radius 3 is 2.26 bits per heavy atom. The van der Waals surface area contributed by atoms with Crippen molar-refractivity contribution in [2.24, 2.45) is 0 Å². The van der Waals surface area contributed by atoms with Crippen molar-refractivity contribution in [2.45, 2.75) is 32.6 Å². The van der Waals surface area contributed by atoms with E-state index in [-0.39, 0.29) is 5.92 Å². The molecule has 2 rings (SSSR count). The lowest BCUT2D eigenvalue weighted by atomic mass is 9.88. The van der Waals surface area contributed by atoms with Crippen LogP contribution >= 0.6 is 0 Å². The van der Waals surface area contributed by atoms with Crippen molar-refractivity contribution in [1.29, 1.82) is 0 Å². The summed E-state index contributed by atoms with van der Waals surface area (Å²) in [5.41, 5.74) is 3.46. The van der Waals surface area contributed by atoms with Gasteiger partial charge in [0, 0.05) is 12.3 Å². The zero-order valence-electron chi connectivity index (χ0n) is 11.6. The molecule has 0 saturated heterocycles. The monoisotopic (exact) mass is 252 g/mol. The van der Waals surface area contributed by atoms with Crippen LogP contribution in [0.5, 0.6) is 0 Å². The zero-order chi connectivity index (χ0) is 13.7. The van der Waals surface area contributed by atoms with E-state index in [1.54, 1.807) is 0 Å². The normalized spacial score (nSPS) is 12.1. The predicted molar refractivity (Wildman–Crippen MR) is 79.4 cm³/mol. The van der Waals surface area contributed by atoms with Crippen LogP contribution in [-0.4, -0.2) is 5.78 Å². The molecule has 2 aromatic carbocycles. The summed E-state index contributed by atoms with van der Waals surface area (Å²) in [6, 6.07) is 18.2. The number of hydrogen-bond donors (Lipinski definition) is 0. The van der Waals surface area contributed by atoms with Gasteiger partial charge >= 0.3 is 0 Å². The van der Waals surface area contributed by atoms with Crippen LogP contribution in [-0.2, 0) is 11.2 Å². The highest BCUT2D eigenvalue weighted by molar-refractivity contribution is 5.87. The first-order chi connectivity index (χ1) is 9.22. The topological polar surface area (TPSA) is 17.1 Å². The maximum atomic E-state index is 12.5. The van der Waals surface area contributed by atoms with Crippen LogP contribution in [0, 0.1) is 6.92 Å². The zero-order valence-corrected chi connectivity index (χ0v) is 11.6. The molecular formula is C18H20O. The number of benzene rings is 2. The average Bonchev–Trinajstić information content (AvgIpc) is 2.43. The van der Waals surface area contributed by atoms with E-state index in [9.17, 15) is 4.79 Å². The number of aryl methyl sites for hydroxylation is 1. The SMILES string of the molecule is CCC(C(=O)Cc1ccccc1C)c1ccccc1. The summed E-state index contributed by atoms with van der Waals surface area (Å²) in [6.07, 6.45) is 1.38. The quantitative estimate of drug-likeness (QED) is 0.775. The van der Waals surface area contributed by atoms with Crippen LogP contribution in [0.2, 0.25) is 0 Å². The third kappa shape index (κ3) is 3.31. The van der Waals surface area contributed by atoms with Gasteiger partial charge in [0.1, 0.15) is 5.78 Å². The highest BCUT2D eigenvalue weighted by Crippen LogP contribution is 2.22. The Hall–Kier alpha value is -1.89. The summed E-state index contributed by atoms with van der Waals surface area (Å²) < 4.78 is 0. The predicted octanol–water partition coefficient (Wildman–Crippen LogP) is 4.30. The standard InChI is InChI=1S/C18H20O/c1-3-17(15-10-5-4-6-11-15)18(19)13-16-12-8-7-9-14(16)2/h4-12,17H,3,13H2,1-2H3. The Kier molecular flexibility index (Phi) is 4.51. The number of ketones is 1. The summed E-state index contributed by atoms with van der Waals surface area (Å²) in [5, 5.41) is 0. The molecule has 0 radical (unpaired) electrons. The number of hydrogen-bond acceptors (Lipinski definition) is 1. The van der Waals surface area contributed by atoms with E-state index in [0.29, 0.717) is 12.2 Å². The number of carbonyl (C=O) groups excluding carboxylic acids is 1. The molecule has 0 bridgehead atoms. The van der Waals surface area contributed by atoms with E-state index in [1.165, 1.54) is 5.56 Å². The van der Waals surface area contributed by atoms with Crippen molar-refractivity contribution < 1.29 is 4.79 Å². The molecule has 98 valence electrons. The van der Waals surface area contributed by atoms with Gasteiger partial charge in [-0.2, -0.15) is 0 Å². The van der Waals surface area contributed by atoms with E-state index in [1.807, 2.05) is 48.5 Å². The van der Waals surface area contributed by atoms with Gasteiger partial charge in [-0.25, -0.2) is 0 Å². The van der Waals surface area contributed by atoms with Crippen molar-refractivity contribution in [3.05, 3.63) is 71.3 Å². The highest BCUT2D eigenvalue weighted by atomic mass is 16.1. The Morgan fingerprint density at radius 2 is 1.63 bits per heavy atom. The number of rotatable bonds is 5. The van der Waals surface area contributed by atoms with Gasteiger partial charge in [0.15, 0.2) is 0 Å². The molecule has 0 amide bonds. The second-order valence-corrected chi connectivity index (χ2v) is 4.94. The first-order valence-corrected chi connectivity index (χ1v) is 6.84. The Bertz CT molecular complexity index is 543. The summed E-state index contributed by atoms with van der Waals surface area (Å²) in [5.74, 6) is 0.323. The van der Waals surface area contributed by atoms with Crippen molar-refractivity contribution in [1.82, 2.24) is 0 Å². The molecule has 0 spiro atoms. The van der Waals surface area contributed by atoms with Gasteiger partial charge < -0.3 is 0 Å². The lowest BCUT2D eigenvalue weighted by molar-refractivity contribution is -0.119. The Labute approximate surface area is 115 Å². The molecule has 0 fully saturated rings. The number of Topliss-reactive ketones (excluding diaryl/α,β-unsaturated/α-hetero) is 1. The smallest absolute Gasteiger partial charge is 0.144 e. The van der Waals surface area contributed by atoms with E-state index in [4.69, 9.17) is 0 Å². The molecule has 0 aromatic heterocycles. The van der Waals surface area contributed by atoms with Crippen molar-refractivity contribution in [3.8, 4) is 0 Å². The molecule has 0 aliphatic heterocycles. The van der Waals surface area contributed by atoms with E-state index in [0.717, 1.165) is 17.5 Å². The minimum Gasteiger partial charge on any atom is -0.299 e. The summed E-state index contributed by atoms with van der Waals surface area (Å²) >= 11 is 0. The molecule has 1 nitrogen and oxygen atoms in total. The maximum Gasteiger partial charge on any atom is 0.144 e. The van der Waals surface area contributed by atoms with Crippen LogP contribution in [0.25, 0.3) is 0 Å². The summed E-state index contributed by atoms with van der Waals surface area (Å²) in [4.78, 5) is 12.5. The third-order valence-electron chi connectivity index (χ3n) is 3.62. The first-order valence-electron chi connectivity index (χ1n) is 6.84. The van der Waals surface area contributed by atoms with Crippen molar-refractivity contribution in [2.75, 3.05) is 0 Å². The summed E-state index contributed by atoms with van der Waals surface area (Å²) in [7, 11) is 0. The lowest BCUT2D eigenvalue weighted by Crippen LogP contribution is -2.15. The second-order valence-electron chi connectivity index (χ2n) is 4.94. The molecular weight excluding hydrogens is 232 g/mol. The van der Waals surface area contributed by atoms with Gasteiger partial charge in [-0.3, -0.25) is 4.79 Å². The van der Waals surface area contributed by atoms with E-state index < -0.39 is 0 Å². The summed E-state index contributed by atoms with van der Waals surface area (Å²) in [6.45, 7) is 4.14. The van der Waals surface area contributed by atoms with Gasteiger partial charge in [-0.1, -0.05) is 61.5 Å². The molecule has 1 unspecified atom stereocenters.